The summed E-state index contributed by atoms with van der Waals surface area (Å²) in [6.45, 7) is 1.89. The number of aryl methyl sites for hydroxylation is 1. The Morgan fingerprint density at radius 2 is 1.82 bits per heavy atom. The Morgan fingerprint density at radius 1 is 1.18 bits per heavy atom. The number of benzene rings is 1. The maximum Gasteiger partial charge on any atom is 0.183 e. The highest BCUT2D eigenvalue weighted by atomic mass is 32.2. The minimum absolute atomic E-state index is 0.236. The molecule has 1 fully saturated rings. The van der Waals surface area contributed by atoms with E-state index in [9.17, 15) is 8.42 Å². The van der Waals surface area contributed by atoms with Gasteiger partial charge < -0.3 is 5.73 Å². The molecule has 1 aromatic carbocycles. The first-order valence-electron chi connectivity index (χ1n) is 6.12. The summed E-state index contributed by atoms with van der Waals surface area (Å²) in [4.78, 5) is 0.324. The fraction of sp³-hybridized carbons (Fsp3) is 0.538. The lowest BCUT2D eigenvalue weighted by atomic mass is 10.0. The Hall–Kier alpha value is -1.03. The van der Waals surface area contributed by atoms with Gasteiger partial charge in [0.05, 0.1) is 15.8 Å². The molecule has 2 N–H and O–H groups in total. The average molecular weight is 253 g/mol. The molecule has 0 bridgehead atoms. The van der Waals surface area contributed by atoms with E-state index >= 15 is 0 Å². The second-order valence-corrected chi connectivity index (χ2v) is 7.04. The zero-order valence-corrected chi connectivity index (χ0v) is 11.0. The zero-order chi connectivity index (χ0) is 12.5. The predicted molar refractivity (Wildman–Crippen MR) is 69.7 cm³/mol. The molecule has 0 aliphatic heterocycles. The van der Waals surface area contributed by atoms with Crippen molar-refractivity contribution in [2.75, 3.05) is 5.73 Å². The van der Waals surface area contributed by atoms with Crippen LogP contribution in [0.25, 0.3) is 0 Å². The maximum absolute atomic E-state index is 12.5. The Kier molecular flexibility index (Phi) is 3.43. The van der Waals surface area contributed by atoms with Gasteiger partial charge in [-0.3, -0.25) is 0 Å². The normalized spacial score (nSPS) is 18.2. The van der Waals surface area contributed by atoms with Gasteiger partial charge in [0.25, 0.3) is 0 Å². The third-order valence-corrected chi connectivity index (χ3v) is 5.78. The summed E-state index contributed by atoms with van der Waals surface area (Å²) in [7, 11) is -3.24. The van der Waals surface area contributed by atoms with Crippen molar-refractivity contribution in [1.82, 2.24) is 0 Å². The highest BCUT2D eigenvalue weighted by Crippen LogP contribution is 2.31. The molecule has 0 radical (unpaired) electrons. The minimum atomic E-state index is -3.24. The van der Waals surface area contributed by atoms with Gasteiger partial charge in [-0.15, -0.1) is 0 Å². The van der Waals surface area contributed by atoms with Gasteiger partial charge in [-0.05, 0) is 37.5 Å². The van der Waals surface area contributed by atoms with Gasteiger partial charge >= 0.3 is 0 Å². The summed E-state index contributed by atoms with van der Waals surface area (Å²) in [5.41, 5.74) is 7.12. The van der Waals surface area contributed by atoms with Crippen LogP contribution in [0.1, 0.15) is 37.7 Å². The molecule has 1 aromatic rings. The first-order chi connectivity index (χ1) is 8.01. The average Bonchev–Trinajstić information content (AvgIpc) is 2.33. The van der Waals surface area contributed by atoms with Gasteiger partial charge in [0.15, 0.2) is 9.84 Å². The standard InChI is InChI=1S/C13H19NO2S/c1-10-7-8-12(14)13(9-10)17(15,16)11-5-3-2-4-6-11/h7-9,11H,2-6,14H2,1H3. The van der Waals surface area contributed by atoms with Crippen molar-refractivity contribution in [3.05, 3.63) is 23.8 Å². The monoisotopic (exact) mass is 253 g/mol. The number of rotatable bonds is 2. The molecule has 0 atom stereocenters. The number of hydrogen-bond donors (Lipinski definition) is 1. The van der Waals surface area contributed by atoms with Crippen molar-refractivity contribution in [3.63, 3.8) is 0 Å². The van der Waals surface area contributed by atoms with Crippen LogP contribution in [0, 0.1) is 6.92 Å². The largest absolute Gasteiger partial charge is 0.398 e. The maximum atomic E-state index is 12.5. The summed E-state index contributed by atoms with van der Waals surface area (Å²) in [5.74, 6) is 0. The van der Waals surface area contributed by atoms with Crippen LogP contribution in [0.15, 0.2) is 23.1 Å². The lowest BCUT2D eigenvalue weighted by Gasteiger charge is -2.22. The summed E-state index contributed by atoms with van der Waals surface area (Å²) in [6, 6.07) is 5.22. The van der Waals surface area contributed by atoms with E-state index in [0.717, 1.165) is 37.7 Å². The molecule has 0 aromatic heterocycles. The molecule has 4 heteroatoms. The van der Waals surface area contributed by atoms with Gasteiger partial charge in [-0.2, -0.15) is 0 Å². The molecule has 1 aliphatic rings. The van der Waals surface area contributed by atoms with E-state index in [2.05, 4.69) is 0 Å². The summed E-state index contributed by atoms with van der Waals surface area (Å²) >= 11 is 0. The molecule has 17 heavy (non-hydrogen) atoms. The third kappa shape index (κ3) is 2.46. The van der Waals surface area contributed by atoms with Crippen LogP contribution in [-0.2, 0) is 9.84 Å². The molecule has 3 nitrogen and oxygen atoms in total. The molecule has 0 amide bonds. The summed E-state index contributed by atoms with van der Waals surface area (Å²) < 4.78 is 25.0. The zero-order valence-electron chi connectivity index (χ0n) is 10.1. The highest BCUT2D eigenvalue weighted by Gasteiger charge is 2.30. The Bertz CT molecular complexity index is 502. The topological polar surface area (TPSA) is 60.2 Å². The second kappa shape index (κ2) is 4.69. The van der Waals surface area contributed by atoms with E-state index in [-0.39, 0.29) is 5.25 Å². The Labute approximate surface area is 103 Å². The Morgan fingerprint density at radius 3 is 2.47 bits per heavy atom. The van der Waals surface area contributed by atoms with Gasteiger partial charge in [0.1, 0.15) is 0 Å². The molecule has 94 valence electrons. The number of hydrogen-bond acceptors (Lipinski definition) is 3. The van der Waals surface area contributed by atoms with E-state index in [1.165, 1.54) is 0 Å². The predicted octanol–water partition coefficient (Wildman–Crippen LogP) is 2.68. The van der Waals surface area contributed by atoms with Crippen LogP contribution < -0.4 is 5.73 Å². The molecule has 1 saturated carbocycles. The lowest BCUT2D eigenvalue weighted by molar-refractivity contribution is 0.484. The van der Waals surface area contributed by atoms with Gasteiger partial charge in [-0.1, -0.05) is 25.3 Å². The molecule has 0 heterocycles. The molecular formula is C13H19NO2S. The van der Waals surface area contributed by atoms with Gasteiger partial charge in [-0.25, -0.2) is 8.42 Å². The first-order valence-corrected chi connectivity index (χ1v) is 7.66. The van der Waals surface area contributed by atoms with Crippen molar-refractivity contribution in [2.45, 2.75) is 49.2 Å². The van der Waals surface area contributed by atoms with Gasteiger partial charge in [0.2, 0.25) is 0 Å². The van der Waals surface area contributed by atoms with Crippen LogP contribution in [0.5, 0.6) is 0 Å². The van der Waals surface area contributed by atoms with Crippen molar-refractivity contribution in [1.29, 1.82) is 0 Å². The molecule has 2 rings (SSSR count). The quantitative estimate of drug-likeness (QED) is 0.824. The van der Waals surface area contributed by atoms with Gasteiger partial charge in [0, 0.05) is 0 Å². The fourth-order valence-corrected chi connectivity index (χ4v) is 4.50. The van der Waals surface area contributed by atoms with E-state index in [1.54, 1.807) is 12.1 Å². The lowest BCUT2D eigenvalue weighted by Crippen LogP contribution is -2.24. The molecule has 0 saturated heterocycles. The van der Waals surface area contributed by atoms with E-state index < -0.39 is 9.84 Å². The summed E-state index contributed by atoms with van der Waals surface area (Å²) in [6.07, 6.45) is 4.71. The number of nitrogens with two attached hydrogens (primary N) is 1. The number of nitrogen functional groups attached to an aromatic ring is 1. The van der Waals surface area contributed by atoms with Crippen LogP contribution in [-0.4, -0.2) is 13.7 Å². The molecule has 0 unspecified atom stereocenters. The fourth-order valence-electron chi connectivity index (χ4n) is 2.44. The molecule has 1 aliphatic carbocycles. The Balaban J connectivity index is 2.40. The minimum Gasteiger partial charge on any atom is -0.398 e. The van der Waals surface area contributed by atoms with Crippen LogP contribution in [0.2, 0.25) is 0 Å². The van der Waals surface area contributed by atoms with Crippen LogP contribution in [0.3, 0.4) is 0 Å². The van der Waals surface area contributed by atoms with E-state index in [0.29, 0.717) is 10.6 Å². The smallest absolute Gasteiger partial charge is 0.183 e. The van der Waals surface area contributed by atoms with Crippen molar-refractivity contribution < 1.29 is 8.42 Å². The number of anilines is 1. The molecular weight excluding hydrogens is 234 g/mol. The van der Waals surface area contributed by atoms with E-state index in [4.69, 9.17) is 5.73 Å². The second-order valence-electron chi connectivity index (χ2n) is 4.85. The van der Waals surface area contributed by atoms with Crippen molar-refractivity contribution in [3.8, 4) is 0 Å². The van der Waals surface area contributed by atoms with Crippen LogP contribution >= 0.6 is 0 Å². The molecule has 0 spiro atoms. The SMILES string of the molecule is Cc1ccc(N)c(S(=O)(=O)C2CCCCC2)c1. The number of sulfone groups is 1. The van der Waals surface area contributed by atoms with Crippen molar-refractivity contribution >= 4 is 15.5 Å². The van der Waals surface area contributed by atoms with Crippen LogP contribution in [0.4, 0.5) is 5.69 Å². The third-order valence-electron chi connectivity index (χ3n) is 3.47. The highest BCUT2D eigenvalue weighted by molar-refractivity contribution is 7.92. The first kappa shape index (κ1) is 12.4. The summed E-state index contributed by atoms with van der Waals surface area (Å²) in [5, 5.41) is -0.236. The van der Waals surface area contributed by atoms with Crippen molar-refractivity contribution in [2.24, 2.45) is 0 Å². The van der Waals surface area contributed by atoms with E-state index in [1.807, 2.05) is 13.0 Å².